The van der Waals surface area contributed by atoms with Crippen molar-refractivity contribution < 1.29 is 13.9 Å². The summed E-state index contributed by atoms with van der Waals surface area (Å²) >= 11 is 0. The molecular formula is C19H21FN2O2. The molecule has 1 fully saturated rings. The van der Waals surface area contributed by atoms with Gasteiger partial charge in [0.2, 0.25) is 0 Å². The number of carbonyl (C=O) groups is 1. The highest BCUT2D eigenvalue weighted by Crippen LogP contribution is 2.28. The van der Waals surface area contributed by atoms with E-state index in [2.05, 4.69) is 24.1 Å². The second kappa shape index (κ2) is 6.61. The fourth-order valence-corrected chi connectivity index (χ4v) is 2.91. The molecule has 0 aromatic heterocycles. The Kier molecular flexibility index (Phi) is 4.53. The molecule has 1 aliphatic rings. The van der Waals surface area contributed by atoms with E-state index in [9.17, 15) is 9.18 Å². The van der Waals surface area contributed by atoms with Crippen LogP contribution in [0.5, 0.6) is 0 Å². The zero-order valence-corrected chi connectivity index (χ0v) is 13.9. The highest BCUT2D eigenvalue weighted by atomic mass is 19.1. The van der Waals surface area contributed by atoms with Crippen LogP contribution in [0.25, 0.3) is 0 Å². The molecule has 24 heavy (non-hydrogen) atoms. The first-order valence-corrected chi connectivity index (χ1v) is 7.99. The van der Waals surface area contributed by atoms with Gasteiger partial charge in [-0.2, -0.15) is 0 Å². The van der Waals surface area contributed by atoms with Crippen molar-refractivity contribution in [3.05, 3.63) is 59.9 Å². The number of morpholine rings is 1. The summed E-state index contributed by atoms with van der Waals surface area (Å²) in [6, 6.07) is 13.5. The minimum atomic E-state index is -0.526. The number of rotatable bonds is 3. The predicted molar refractivity (Wildman–Crippen MR) is 93.0 cm³/mol. The summed E-state index contributed by atoms with van der Waals surface area (Å²) in [5.41, 5.74) is 1.68. The van der Waals surface area contributed by atoms with Gasteiger partial charge in [0.15, 0.2) is 0 Å². The summed E-state index contributed by atoms with van der Waals surface area (Å²) in [4.78, 5) is 14.4. The molecule has 1 heterocycles. The summed E-state index contributed by atoms with van der Waals surface area (Å²) in [5, 5.41) is 2.73. The topological polar surface area (TPSA) is 41.6 Å². The number of anilines is 2. The molecule has 0 unspecified atom stereocenters. The van der Waals surface area contributed by atoms with Crippen molar-refractivity contribution in [3.63, 3.8) is 0 Å². The van der Waals surface area contributed by atoms with Gasteiger partial charge in [0.25, 0.3) is 5.91 Å². The van der Waals surface area contributed by atoms with E-state index in [0.29, 0.717) is 18.9 Å². The lowest BCUT2D eigenvalue weighted by Gasteiger charge is -2.43. The van der Waals surface area contributed by atoms with Gasteiger partial charge in [0.1, 0.15) is 5.82 Å². The Morgan fingerprint density at radius 3 is 2.54 bits per heavy atom. The Hall–Kier alpha value is -2.40. The van der Waals surface area contributed by atoms with Crippen molar-refractivity contribution in [2.24, 2.45) is 0 Å². The SMILES string of the molecule is CC1(C)COCCN1c1ccc(NC(=O)c2ccccc2F)cc1. The minimum Gasteiger partial charge on any atom is -0.377 e. The third-order valence-electron chi connectivity index (χ3n) is 4.20. The van der Waals surface area contributed by atoms with Crippen molar-refractivity contribution in [1.29, 1.82) is 0 Å². The fraction of sp³-hybridized carbons (Fsp3) is 0.316. The number of amides is 1. The monoisotopic (exact) mass is 328 g/mol. The molecule has 1 N–H and O–H groups in total. The Balaban J connectivity index is 1.73. The molecule has 3 rings (SSSR count). The van der Waals surface area contributed by atoms with Crippen LogP contribution in [0.2, 0.25) is 0 Å². The van der Waals surface area contributed by atoms with E-state index in [4.69, 9.17) is 4.74 Å². The highest BCUT2D eigenvalue weighted by molar-refractivity contribution is 6.04. The molecule has 0 spiro atoms. The number of ether oxygens (including phenoxy) is 1. The Morgan fingerprint density at radius 1 is 1.17 bits per heavy atom. The molecule has 0 saturated carbocycles. The average Bonchev–Trinajstić information content (AvgIpc) is 2.56. The van der Waals surface area contributed by atoms with Crippen LogP contribution in [-0.2, 0) is 4.74 Å². The number of hydrogen-bond acceptors (Lipinski definition) is 3. The van der Waals surface area contributed by atoms with E-state index < -0.39 is 11.7 Å². The number of hydrogen-bond donors (Lipinski definition) is 1. The molecule has 126 valence electrons. The van der Waals surface area contributed by atoms with Crippen molar-refractivity contribution in [3.8, 4) is 0 Å². The van der Waals surface area contributed by atoms with Gasteiger partial charge in [-0.05, 0) is 50.2 Å². The van der Waals surface area contributed by atoms with Gasteiger partial charge < -0.3 is 15.0 Å². The molecule has 5 heteroatoms. The first kappa shape index (κ1) is 16.5. The number of nitrogens with one attached hydrogen (secondary N) is 1. The van der Waals surface area contributed by atoms with Crippen molar-refractivity contribution >= 4 is 17.3 Å². The van der Waals surface area contributed by atoms with E-state index in [1.54, 1.807) is 12.1 Å². The largest absolute Gasteiger partial charge is 0.377 e. The summed E-state index contributed by atoms with van der Waals surface area (Å²) < 4.78 is 19.2. The van der Waals surface area contributed by atoms with Gasteiger partial charge in [0.05, 0.1) is 24.3 Å². The first-order chi connectivity index (χ1) is 11.5. The Bertz CT molecular complexity index is 728. The third kappa shape index (κ3) is 3.41. The van der Waals surface area contributed by atoms with Crippen molar-refractivity contribution in [2.45, 2.75) is 19.4 Å². The summed E-state index contributed by atoms with van der Waals surface area (Å²) in [7, 11) is 0. The van der Waals surface area contributed by atoms with E-state index in [1.165, 1.54) is 12.1 Å². The average molecular weight is 328 g/mol. The molecule has 0 bridgehead atoms. The lowest BCUT2D eigenvalue weighted by molar-refractivity contribution is 0.0644. The number of benzene rings is 2. The Morgan fingerprint density at radius 2 is 1.88 bits per heavy atom. The van der Waals surface area contributed by atoms with E-state index >= 15 is 0 Å². The molecule has 2 aromatic rings. The van der Waals surface area contributed by atoms with Crippen LogP contribution in [0, 0.1) is 5.82 Å². The zero-order chi connectivity index (χ0) is 17.2. The van der Waals surface area contributed by atoms with Crippen LogP contribution < -0.4 is 10.2 Å². The van der Waals surface area contributed by atoms with Crippen LogP contribution in [0.3, 0.4) is 0 Å². The van der Waals surface area contributed by atoms with Crippen molar-refractivity contribution in [2.75, 3.05) is 30.0 Å². The summed E-state index contributed by atoms with van der Waals surface area (Å²) in [6.07, 6.45) is 0. The first-order valence-electron chi connectivity index (χ1n) is 7.99. The van der Waals surface area contributed by atoms with Gasteiger partial charge >= 0.3 is 0 Å². The van der Waals surface area contributed by atoms with Gasteiger partial charge in [-0.25, -0.2) is 4.39 Å². The number of nitrogens with zero attached hydrogens (tertiary/aromatic N) is 1. The van der Waals surface area contributed by atoms with E-state index in [-0.39, 0.29) is 11.1 Å². The second-order valence-corrected chi connectivity index (χ2v) is 6.50. The maximum Gasteiger partial charge on any atom is 0.258 e. The molecular weight excluding hydrogens is 307 g/mol. The van der Waals surface area contributed by atoms with E-state index in [1.807, 2.05) is 24.3 Å². The van der Waals surface area contributed by atoms with Crippen LogP contribution in [0.4, 0.5) is 15.8 Å². The quantitative estimate of drug-likeness (QED) is 0.934. The zero-order valence-electron chi connectivity index (χ0n) is 13.9. The molecule has 1 aliphatic heterocycles. The summed E-state index contributed by atoms with van der Waals surface area (Å²) in [6.45, 7) is 6.49. The van der Waals surface area contributed by atoms with Crippen molar-refractivity contribution in [1.82, 2.24) is 0 Å². The van der Waals surface area contributed by atoms with Gasteiger partial charge in [-0.15, -0.1) is 0 Å². The molecule has 1 amide bonds. The predicted octanol–water partition coefficient (Wildman–Crippen LogP) is 3.69. The van der Waals surface area contributed by atoms with Crippen LogP contribution in [0.1, 0.15) is 24.2 Å². The molecule has 0 radical (unpaired) electrons. The molecule has 1 saturated heterocycles. The number of halogens is 1. The van der Waals surface area contributed by atoms with Gasteiger partial charge in [-0.1, -0.05) is 12.1 Å². The third-order valence-corrected chi connectivity index (χ3v) is 4.20. The normalized spacial score (nSPS) is 16.7. The van der Waals surface area contributed by atoms with Crippen LogP contribution in [-0.4, -0.2) is 31.2 Å². The second-order valence-electron chi connectivity index (χ2n) is 6.50. The molecule has 0 aliphatic carbocycles. The molecule has 0 atom stereocenters. The summed E-state index contributed by atoms with van der Waals surface area (Å²) in [5.74, 6) is -0.978. The van der Waals surface area contributed by atoms with Gasteiger partial charge in [0, 0.05) is 17.9 Å². The Labute approximate surface area is 141 Å². The van der Waals surface area contributed by atoms with Gasteiger partial charge in [-0.3, -0.25) is 4.79 Å². The smallest absolute Gasteiger partial charge is 0.258 e. The maximum atomic E-state index is 13.7. The molecule has 2 aromatic carbocycles. The lowest BCUT2D eigenvalue weighted by atomic mass is 10.0. The molecule has 4 nitrogen and oxygen atoms in total. The number of carbonyl (C=O) groups excluding carboxylic acids is 1. The minimum absolute atomic E-state index is 0.0379. The maximum absolute atomic E-state index is 13.7. The van der Waals surface area contributed by atoms with Crippen LogP contribution in [0.15, 0.2) is 48.5 Å². The van der Waals surface area contributed by atoms with Crippen LogP contribution >= 0.6 is 0 Å². The lowest BCUT2D eigenvalue weighted by Crippen LogP contribution is -2.53. The fourth-order valence-electron chi connectivity index (χ4n) is 2.91. The highest BCUT2D eigenvalue weighted by Gasteiger charge is 2.30. The van der Waals surface area contributed by atoms with E-state index in [0.717, 1.165) is 12.2 Å². The standard InChI is InChI=1S/C19H21FN2O2/c1-19(2)13-24-12-11-22(19)15-9-7-14(8-10-15)21-18(23)16-5-3-4-6-17(16)20/h3-10H,11-13H2,1-2H3,(H,21,23).